The van der Waals surface area contributed by atoms with Crippen molar-refractivity contribution >= 4 is 12.2 Å². The number of hydrogen-bond acceptors (Lipinski definition) is 7. The number of aliphatic imine (C=N–C) groups is 2. The minimum absolute atomic E-state index is 0.125. The molecule has 0 amide bonds. The third-order valence-corrected chi connectivity index (χ3v) is 2.84. The predicted octanol–water partition coefficient (Wildman–Crippen LogP) is 3.03. The van der Waals surface area contributed by atoms with Crippen molar-refractivity contribution in [2.75, 3.05) is 39.5 Å². The van der Waals surface area contributed by atoms with Crippen LogP contribution < -0.4 is 0 Å². The summed E-state index contributed by atoms with van der Waals surface area (Å²) in [4.78, 5) is 24.9. The van der Waals surface area contributed by atoms with Crippen molar-refractivity contribution in [1.29, 1.82) is 0 Å². The third-order valence-electron chi connectivity index (χ3n) is 2.84. The second-order valence-electron chi connectivity index (χ2n) is 4.91. The van der Waals surface area contributed by atoms with Gasteiger partial charge in [0.1, 0.15) is 0 Å². The molecular weight excluding hydrogens is 372 g/mol. The lowest BCUT2D eigenvalue weighted by molar-refractivity contribution is 0.162. The first-order chi connectivity index (χ1) is 14.2. The van der Waals surface area contributed by atoms with Crippen molar-refractivity contribution < 1.29 is 24.5 Å². The van der Waals surface area contributed by atoms with Gasteiger partial charge < -0.3 is 14.9 Å². The Bertz CT molecular complexity index is 609. The van der Waals surface area contributed by atoms with Gasteiger partial charge in [-0.25, -0.2) is 19.6 Å². The molecule has 0 unspecified atom stereocenters. The normalized spacial score (nSPS) is 8.28. The molecule has 0 aliphatic heterocycles. The van der Waals surface area contributed by atoms with Crippen LogP contribution in [0.25, 0.3) is 11.1 Å². The number of aliphatic hydroxyl groups excluding tert-OH is 2. The van der Waals surface area contributed by atoms with Crippen LogP contribution in [0.3, 0.4) is 0 Å². The molecule has 0 aliphatic carbocycles. The van der Waals surface area contributed by atoms with E-state index < -0.39 is 0 Å². The standard InChI is InChI=1S/C12H10.C4H4N2O2.C4H10O.C2H6O2/c1-3-7-11(8-4-1)12-9-5-2-6-10-12;7-3-5-1-2-6-4-8;1-3-5-4-2;3-1-2-4/h1-10H;1-2H2;3-4H2,1-2H3;3-4H,1-2H2. The zero-order valence-electron chi connectivity index (χ0n) is 17.0. The lowest BCUT2D eigenvalue weighted by Crippen LogP contribution is -1.85. The third kappa shape index (κ3) is 21.2. The monoisotopic (exact) mass is 402 g/mol. The van der Waals surface area contributed by atoms with Crippen LogP contribution in [0.5, 0.6) is 0 Å². The summed E-state index contributed by atoms with van der Waals surface area (Å²) in [7, 11) is 0. The summed E-state index contributed by atoms with van der Waals surface area (Å²) >= 11 is 0. The van der Waals surface area contributed by atoms with Gasteiger partial charge in [-0.05, 0) is 25.0 Å². The minimum atomic E-state index is -0.125. The Morgan fingerprint density at radius 3 is 1.28 bits per heavy atom. The molecule has 0 fully saturated rings. The highest BCUT2D eigenvalue weighted by molar-refractivity contribution is 5.62. The van der Waals surface area contributed by atoms with Crippen molar-refractivity contribution in [2.45, 2.75) is 13.8 Å². The van der Waals surface area contributed by atoms with Crippen LogP contribution in [0.1, 0.15) is 13.8 Å². The lowest BCUT2D eigenvalue weighted by atomic mass is 10.1. The number of rotatable bonds is 7. The highest BCUT2D eigenvalue weighted by Gasteiger charge is 1.91. The molecular formula is C22H30N2O5. The molecule has 0 saturated heterocycles. The van der Waals surface area contributed by atoms with Gasteiger partial charge >= 0.3 is 0 Å². The first-order valence-corrected chi connectivity index (χ1v) is 9.18. The summed E-state index contributed by atoms with van der Waals surface area (Å²) in [5.74, 6) is 0. The van der Waals surface area contributed by atoms with Gasteiger partial charge in [0.05, 0.1) is 26.3 Å². The molecule has 0 heterocycles. The zero-order chi connectivity index (χ0) is 22.0. The van der Waals surface area contributed by atoms with E-state index >= 15 is 0 Å². The number of isocyanates is 2. The lowest BCUT2D eigenvalue weighted by Gasteiger charge is -1.98. The second-order valence-corrected chi connectivity index (χ2v) is 4.91. The van der Waals surface area contributed by atoms with Crippen molar-refractivity contribution in [3.05, 3.63) is 60.7 Å². The number of nitrogens with zero attached hydrogens (tertiary/aromatic N) is 2. The van der Waals surface area contributed by atoms with Gasteiger partial charge in [-0.3, -0.25) is 0 Å². The summed E-state index contributed by atoms with van der Waals surface area (Å²) in [6.07, 6.45) is 2.62. The van der Waals surface area contributed by atoms with E-state index in [1.807, 2.05) is 26.0 Å². The van der Waals surface area contributed by atoms with Crippen LogP contribution in [0.2, 0.25) is 0 Å². The largest absolute Gasteiger partial charge is 0.394 e. The van der Waals surface area contributed by atoms with E-state index in [0.717, 1.165) is 13.2 Å². The molecule has 7 heteroatoms. The van der Waals surface area contributed by atoms with Crippen LogP contribution in [-0.2, 0) is 14.3 Å². The van der Waals surface area contributed by atoms with Crippen molar-refractivity contribution in [2.24, 2.45) is 9.98 Å². The first kappa shape index (κ1) is 28.3. The highest BCUT2D eigenvalue weighted by Crippen LogP contribution is 2.17. The molecule has 7 nitrogen and oxygen atoms in total. The average molecular weight is 402 g/mol. The molecule has 0 bridgehead atoms. The van der Waals surface area contributed by atoms with E-state index in [1.165, 1.54) is 23.3 Å². The minimum Gasteiger partial charge on any atom is -0.394 e. The molecule has 29 heavy (non-hydrogen) atoms. The summed E-state index contributed by atoms with van der Waals surface area (Å²) in [5, 5.41) is 15.2. The Hall–Kier alpha value is -2.92. The van der Waals surface area contributed by atoms with Crippen LogP contribution in [0, 0.1) is 0 Å². The Labute approximate surface area is 172 Å². The maximum atomic E-state index is 9.34. The number of carbonyl (C=O) groups excluding carboxylic acids is 2. The van der Waals surface area contributed by atoms with Gasteiger partial charge in [0, 0.05) is 13.2 Å². The van der Waals surface area contributed by atoms with Gasteiger partial charge in [0.15, 0.2) is 0 Å². The molecule has 0 saturated carbocycles. The van der Waals surface area contributed by atoms with E-state index in [2.05, 4.69) is 58.5 Å². The van der Waals surface area contributed by atoms with Gasteiger partial charge in [-0.15, -0.1) is 0 Å². The zero-order valence-corrected chi connectivity index (χ0v) is 17.0. The molecule has 2 aromatic rings. The fourth-order valence-corrected chi connectivity index (χ4v) is 1.66. The molecule has 0 aromatic heterocycles. The van der Waals surface area contributed by atoms with E-state index in [4.69, 9.17) is 14.9 Å². The molecule has 0 radical (unpaired) electrons. The molecule has 158 valence electrons. The van der Waals surface area contributed by atoms with Gasteiger partial charge in [-0.1, -0.05) is 60.7 Å². The van der Waals surface area contributed by atoms with E-state index in [1.54, 1.807) is 0 Å². The Morgan fingerprint density at radius 1 is 0.724 bits per heavy atom. The van der Waals surface area contributed by atoms with Crippen molar-refractivity contribution in [3.8, 4) is 11.1 Å². The topological polar surface area (TPSA) is 109 Å². The fourth-order valence-electron chi connectivity index (χ4n) is 1.66. The average Bonchev–Trinajstić information content (AvgIpc) is 2.79. The second kappa shape index (κ2) is 25.1. The Morgan fingerprint density at radius 2 is 1.07 bits per heavy atom. The van der Waals surface area contributed by atoms with E-state index in [0.29, 0.717) is 0 Å². The number of hydrogen-bond donors (Lipinski definition) is 2. The van der Waals surface area contributed by atoms with Crippen LogP contribution >= 0.6 is 0 Å². The summed E-state index contributed by atoms with van der Waals surface area (Å²) in [5.41, 5.74) is 2.55. The van der Waals surface area contributed by atoms with Crippen LogP contribution in [0.15, 0.2) is 70.6 Å². The smallest absolute Gasteiger partial charge is 0.235 e. The Kier molecular flexibility index (Phi) is 24.5. The molecule has 2 rings (SSSR count). The van der Waals surface area contributed by atoms with Crippen molar-refractivity contribution in [1.82, 2.24) is 0 Å². The summed E-state index contributed by atoms with van der Waals surface area (Å²) in [6.45, 7) is 5.86. The summed E-state index contributed by atoms with van der Waals surface area (Å²) < 4.78 is 4.83. The molecule has 0 spiro atoms. The SMILES string of the molecule is CCOCC.O=C=NCCN=C=O.OCCO.c1ccc(-c2ccccc2)cc1. The number of ether oxygens (including phenoxy) is 1. The van der Waals surface area contributed by atoms with Crippen molar-refractivity contribution in [3.63, 3.8) is 0 Å². The number of benzene rings is 2. The highest BCUT2D eigenvalue weighted by atomic mass is 16.5. The van der Waals surface area contributed by atoms with Gasteiger partial charge in [-0.2, -0.15) is 0 Å². The summed E-state index contributed by atoms with van der Waals surface area (Å²) in [6, 6.07) is 20.8. The van der Waals surface area contributed by atoms with E-state index in [-0.39, 0.29) is 26.3 Å². The Balaban J connectivity index is 0. The van der Waals surface area contributed by atoms with E-state index in [9.17, 15) is 9.59 Å². The van der Waals surface area contributed by atoms with Gasteiger partial charge in [0.25, 0.3) is 0 Å². The predicted molar refractivity (Wildman–Crippen MR) is 114 cm³/mol. The van der Waals surface area contributed by atoms with Gasteiger partial charge in [0.2, 0.25) is 12.2 Å². The molecule has 0 atom stereocenters. The maximum absolute atomic E-state index is 9.34. The number of aliphatic hydroxyl groups is 2. The quantitative estimate of drug-likeness (QED) is 0.420. The fraction of sp³-hybridized carbons (Fsp3) is 0.364. The van der Waals surface area contributed by atoms with Crippen LogP contribution in [0.4, 0.5) is 0 Å². The first-order valence-electron chi connectivity index (χ1n) is 9.18. The molecule has 2 aromatic carbocycles. The molecule has 0 aliphatic rings. The maximum Gasteiger partial charge on any atom is 0.235 e. The van der Waals surface area contributed by atoms with Crippen LogP contribution in [-0.4, -0.2) is 61.9 Å². The molecule has 2 N–H and O–H groups in total.